The molecule has 1 heterocycles. The van der Waals surface area contributed by atoms with Gasteiger partial charge in [-0.05, 0) is 6.20 Å². The van der Waals surface area contributed by atoms with Gasteiger partial charge in [-0.3, -0.25) is 0 Å². The first-order valence-electron chi connectivity index (χ1n) is 2.21. The van der Waals surface area contributed by atoms with Gasteiger partial charge in [0.2, 0.25) is 0 Å². The number of aromatic nitrogens is 1. The van der Waals surface area contributed by atoms with Crippen LogP contribution in [0.4, 0.5) is 0 Å². The number of hydrogen-bond acceptors (Lipinski definition) is 2. The molecule has 0 saturated carbocycles. The maximum absolute atomic E-state index is 9.84. The molecule has 0 radical (unpaired) electrons. The van der Waals surface area contributed by atoms with E-state index in [2.05, 4.69) is 4.98 Å². The number of hydrogen-bond donors (Lipinski definition) is 0. The van der Waals surface area contributed by atoms with Gasteiger partial charge in [0.05, 0.1) is 6.29 Å². The van der Waals surface area contributed by atoms with Crippen molar-refractivity contribution in [3.8, 4) is 0 Å². The first-order valence-corrected chi connectivity index (χ1v) is 2.21. The molecule has 9 heavy (non-hydrogen) atoms. The largest absolute Gasteiger partial charge is 1.00 e. The van der Waals surface area contributed by atoms with Crippen LogP contribution in [0, 0.1) is 0 Å². The van der Waals surface area contributed by atoms with Crippen molar-refractivity contribution >= 4 is 6.29 Å². The van der Waals surface area contributed by atoms with E-state index in [1.54, 1.807) is 24.6 Å². The van der Waals surface area contributed by atoms with Crippen LogP contribution in [-0.2, 0) is 4.79 Å². The van der Waals surface area contributed by atoms with E-state index in [0.717, 1.165) is 0 Å². The Morgan fingerprint density at radius 3 is 2.67 bits per heavy atom. The van der Waals surface area contributed by atoms with Crippen molar-refractivity contribution in [1.82, 2.24) is 4.98 Å². The zero-order chi connectivity index (χ0) is 5.82. The average Bonchev–Trinajstić information content (AvgIpc) is 1.90. The second kappa shape index (κ2) is 5.26. The maximum atomic E-state index is 9.84. The molecule has 2 nitrogen and oxygen atoms in total. The van der Waals surface area contributed by atoms with Crippen LogP contribution in [0.1, 0.15) is 5.56 Å². The van der Waals surface area contributed by atoms with Crippen LogP contribution >= 0.6 is 0 Å². The van der Waals surface area contributed by atoms with E-state index in [-0.39, 0.29) is 51.4 Å². The van der Waals surface area contributed by atoms with Crippen molar-refractivity contribution in [3.05, 3.63) is 30.1 Å². The first kappa shape index (κ1) is 9.46. The van der Waals surface area contributed by atoms with Crippen molar-refractivity contribution in [1.29, 1.82) is 0 Å². The molecule has 0 unspecified atom stereocenters. The summed E-state index contributed by atoms with van der Waals surface area (Å²) < 4.78 is 0. The second-order valence-corrected chi connectivity index (χ2v) is 1.34. The minimum Gasteiger partial charge on any atom is -0.376 e. The quantitative estimate of drug-likeness (QED) is 0.324. The van der Waals surface area contributed by atoms with Crippen molar-refractivity contribution in [2.45, 2.75) is 0 Å². The van der Waals surface area contributed by atoms with E-state index in [9.17, 15) is 4.79 Å². The summed E-state index contributed by atoms with van der Waals surface area (Å²) in [5, 5.41) is 0. The Morgan fingerprint density at radius 1 is 1.56 bits per heavy atom. The predicted octanol–water partition coefficient (Wildman–Crippen LogP) is -2.46. The topological polar surface area (TPSA) is 30.0 Å². The summed E-state index contributed by atoms with van der Waals surface area (Å²) in [4.78, 5) is 13.5. The second-order valence-electron chi connectivity index (χ2n) is 1.34. The zero-order valence-electron chi connectivity index (χ0n) is 5.16. The molecule has 0 fully saturated rings. The van der Waals surface area contributed by atoms with Gasteiger partial charge in [0.15, 0.2) is 0 Å². The molecule has 40 valence electrons. The predicted molar refractivity (Wildman–Crippen MR) is 29.0 cm³/mol. The Balaban J connectivity index is 0.000000640. The van der Waals surface area contributed by atoms with Crippen LogP contribution in [0.2, 0.25) is 0 Å². The van der Waals surface area contributed by atoms with Crippen LogP contribution in [0.5, 0.6) is 0 Å². The fraction of sp³-hybridized carbons (Fsp3) is 0. The number of carbonyl (C=O) groups excluding carboxylic acids is 1. The van der Waals surface area contributed by atoms with Gasteiger partial charge in [0, 0.05) is 0 Å². The van der Waals surface area contributed by atoms with E-state index in [1.807, 2.05) is 0 Å². The van der Waals surface area contributed by atoms with Gasteiger partial charge in [-0.15, -0.1) is 11.6 Å². The van der Waals surface area contributed by atoms with Gasteiger partial charge in [-0.1, -0.05) is 6.20 Å². The first-order chi connectivity index (χ1) is 3.93. The molecule has 0 aliphatic heterocycles. The molecule has 1 aromatic rings. The smallest absolute Gasteiger partial charge is 0.376 e. The fourth-order valence-electron chi connectivity index (χ4n) is 0.423. The summed E-state index contributed by atoms with van der Waals surface area (Å²) in [5.41, 5.74) is 0.493. The Bertz CT molecular complexity index is 176. The monoisotopic (exact) mass is 145 g/mol. The third-order valence-corrected chi connectivity index (χ3v) is 0.779. The molecule has 1 aromatic heterocycles. The van der Waals surface area contributed by atoms with E-state index >= 15 is 0 Å². The van der Waals surface area contributed by atoms with Crippen molar-refractivity contribution in [2.75, 3.05) is 0 Å². The van der Waals surface area contributed by atoms with Gasteiger partial charge >= 0.3 is 51.4 Å². The molecule has 1 rings (SSSR count). The molecule has 0 atom stereocenters. The molecule has 0 amide bonds. The normalized spacial score (nSPS) is 7.56. The van der Waals surface area contributed by atoms with Crippen LogP contribution in [-0.4, -0.2) is 11.3 Å². The van der Waals surface area contributed by atoms with E-state index < -0.39 is 0 Å². The number of pyridine rings is 1. The zero-order valence-corrected chi connectivity index (χ0v) is 8.29. The van der Waals surface area contributed by atoms with Crippen molar-refractivity contribution < 1.29 is 56.2 Å². The standard InChI is InChI=1S/C6H4NO.K/c8-5-6-2-1-3-7-4-6;/h1-4H;/q-1;+1. The molecule has 0 spiro atoms. The molecule has 0 bridgehead atoms. The molecule has 0 aliphatic carbocycles. The van der Waals surface area contributed by atoms with Gasteiger partial charge in [-0.25, -0.2) is 0 Å². The molecular weight excluding hydrogens is 141 g/mol. The van der Waals surface area contributed by atoms with Crippen molar-refractivity contribution in [3.63, 3.8) is 0 Å². The fourth-order valence-corrected chi connectivity index (χ4v) is 0.423. The summed E-state index contributed by atoms with van der Waals surface area (Å²) in [6.45, 7) is 0. The van der Waals surface area contributed by atoms with Gasteiger partial charge in [-0.2, -0.15) is 6.07 Å². The third kappa shape index (κ3) is 3.22. The summed E-state index contributed by atoms with van der Waals surface area (Å²) >= 11 is 0. The van der Waals surface area contributed by atoms with E-state index in [0.29, 0.717) is 5.56 Å². The Labute approximate surface area is 96.1 Å². The van der Waals surface area contributed by atoms with E-state index in [4.69, 9.17) is 0 Å². The molecular formula is C6H4KNO. The van der Waals surface area contributed by atoms with Crippen LogP contribution < -0.4 is 51.4 Å². The summed E-state index contributed by atoms with van der Waals surface area (Å²) in [6, 6.07) is 3.35. The van der Waals surface area contributed by atoms with Crippen LogP contribution in [0.25, 0.3) is 0 Å². The van der Waals surface area contributed by atoms with E-state index in [1.165, 1.54) is 6.20 Å². The Morgan fingerprint density at radius 2 is 2.33 bits per heavy atom. The van der Waals surface area contributed by atoms with Gasteiger partial charge < -0.3 is 9.78 Å². The SMILES string of the molecule is O=[C-]c1cccnc1.[K+]. The minimum atomic E-state index is 0. The molecule has 3 heteroatoms. The van der Waals surface area contributed by atoms with Crippen LogP contribution in [0.15, 0.2) is 24.5 Å². The summed E-state index contributed by atoms with van der Waals surface area (Å²) in [7, 11) is 0. The van der Waals surface area contributed by atoms with Crippen LogP contribution in [0.3, 0.4) is 0 Å². The van der Waals surface area contributed by atoms with Gasteiger partial charge in [0.25, 0.3) is 0 Å². The molecule has 0 aromatic carbocycles. The molecule has 0 N–H and O–H groups in total. The number of nitrogens with zero attached hydrogens (tertiary/aromatic N) is 1. The third-order valence-electron chi connectivity index (χ3n) is 0.779. The Kier molecular flexibility index (Phi) is 5.52. The Hall–Kier alpha value is 0.456. The number of rotatable bonds is 1. The van der Waals surface area contributed by atoms with Gasteiger partial charge in [0.1, 0.15) is 0 Å². The molecule has 0 saturated heterocycles. The minimum absolute atomic E-state index is 0. The summed E-state index contributed by atoms with van der Waals surface area (Å²) in [5.74, 6) is 0. The average molecular weight is 145 g/mol. The maximum Gasteiger partial charge on any atom is 1.00 e. The summed E-state index contributed by atoms with van der Waals surface area (Å²) in [6.07, 6.45) is 4.79. The van der Waals surface area contributed by atoms with Crippen molar-refractivity contribution in [2.24, 2.45) is 0 Å². The molecule has 0 aliphatic rings.